The summed E-state index contributed by atoms with van der Waals surface area (Å²) in [7, 11) is 1.80. The summed E-state index contributed by atoms with van der Waals surface area (Å²) in [6.07, 6.45) is 4.78. The van der Waals surface area contributed by atoms with E-state index in [1.807, 2.05) is 0 Å². The lowest BCUT2D eigenvalue weighted by Gasteiger charge is -2.19. The van der Waals surface area contributed by atoms with E-state index in [9.17, 15) is 9.59 Å². The first-order valence-corrected chi connectivity index (χ1v) is 7.21. The molecule has 0 aliphatic rings. The van der Waals surface area contributed by atoms with Crippen molar-refractivity contribution in [2.75, 3.05) is 20.1 Å². The van der Waals surface area contributed by atoms with E-state index in [0.717, 1.165) is 32.2 Å². The Labute approximate surface area is 116 Å². The number of carbonyl (C=O) groups is 2. The number of carboxylic acids is 1. The molecule has 0 aliphatic carbocycles. The van der Waals surface area contributed by atoms with Gasteiger partial charge in [0.15, 0.2) is 0 Å². The quantitative estimate of drug-likeness (QED) is 0.642. The Balaban J connectivity index is 3.79. The Morgan fingerprint density at radius 2 is 1.95 bits per heavy atom. The number of nitrogens with zero attached hydrogens (tertiary/aromatic N) is 1. The number of urea groups is 1. The largest absolute Gasteiger partial charge is 0.481 e. The zero-order chi connectivity index (χ0) is 14.7. The van der Waals surface area contributed by atoms with Crippen LogP contribution in [0.3, 0.4) is 0 Å². The number of rotatable bonds is 10. The van der Waals surface area contributed by atoms with Crippen LogP contribution in [0.15, 0.2) is 0 Å². The van der Waals surface area contributed by atoms with E-state index in [1.165, 1.54) is 0 Å². The molecule has 0 aromatic rings. The van der Waals surface area contributed by atoms with Gasteiger partial charge >= 0.3 is 12.0 Å². The van der Waals surface area contributed by atoms with Crippen molar-refractivity contribution >= 4 is 12.0 Å². The van der Waals surface area contributed by atoms with E-state index >= 15 is 0 Å². The first-order chi connectivity index (χ1) is 9.01. The summed E-state index contributed by atoms with van der Waals surface area (Å²) >= 11 is 0. The van der Waals surface area contributed by atoms with Gasteiger partial charge in [-0.15, -0.1) is 0 Å². The number of hydrogen-bond donors (Lipinski definition) is 2. The highest BCUT2D eigenvalue weighted by atomic mass is 16.4. The lowest BCUT2D eigenvalue weighted by molar-refractivity contribution is -0.137. The molecule has 0 aromatic heterocycles. The molecule has 2 N–H and O–H groups in total. The monoisotopic (exact) mass is 272 g/mol. The van der Waals surface area contributed by atoms with Gasteiger partial charge in [-0.25, -0.2) is 4.79 Å². The van der Waals surface area contributed by atoms with Crippen LogP contribution >= 0.6 is 0 Å². The molecule has 0 saturated carbocycles. The molecule has 0 bridgehead atoms. The van der Waals surface area contributed by atoms with Crippen LogP contribution in [-0.2, 0) is 4.79 Å². The minimum absolute atomic E-state index is 0.0402. The van der Waals surface area contributed by atoms with Crippen LogP contribution in [0.5, 0.6) is 0 Å². The first-order valence-electron chi connectivity index (χ1n) is 7.21. The summed E-state index contributed by atoms with van der Waals surface area (Å²) in [6.45, 7) is 5.55. The molecule has 1 atom stereocenters. The maximum Gasteiger partial charge on any atom is 0.317 e. The van der Waals surface area contributed by atoms with E-state index in [-0.39, 0.29) is 12.5 Å². The summed E-state index contributed by atoms with van der Waals surface area (Å²) in [5.74, 6) is -0.376. The molecular formula is C14H28N2O3. The van der Waals surface area contributed by atoms with Crippen molar-refractivity contribution in [1.82, 2.24) is 10.2 Å². The van der Waals surface area contributed by atoms with E-state index in [4.69, 9.17) is 5.11 Å². The van der Waals surface area contributed by atoms with Gasteiger partial charge in [0.05, 0.1) is 0 Å². The highest BCUT2D eigenvalue weighted by Gasteiger charge is 2.11. The fourth-order valence-electron chi connectivity index (χ4n) is 1.90. The van der Waals surface area contributed by atoms with Crippen molar-refractivity contribution in [2.45, 2.75) is 52.4 Å². The Hall–Kier alpha value is -1.26. The highest BCUT2D eigenvalue weighted by molar-refractivity contribution is 5.73. The fourth-order valence-corrected chi connectivity index (χ4v) is 1.90. The average molecular weight is 272 g/mol. The smallest absolute Gasteiger partial charge is 0.317 e. The molecule has 5 nitrogen and oxygen atoms in total. The molecule has 19 heavy (non-hydrogen) atoms. The standard InChI is InChI=1S/C14H28N2O3/c1-4-6-11-16(3)14(19)15-10-9-12(5-2)7-8-13(17)18/h12H,4-11H2,1-3H3,(H,15,19)(H,17,18). The van der Waals surface area contributed by atoms with Crippen LogP contribution in [0, 0.1) is 5.92 Å². The second kappa shape index (κ2) is 10.6. The zero-order valence-corrected chi connectivity index (χ0v) is 12.4. The van der Waals surface area contributed by atoms with Gasteiger partial charge < -0.3 is 15.3 Å². The molecule has 1 unspecified atom stereocenters. The van der Waals surface area contributed by atoms with Crippen molar-refractivity contribution in [3.8, 4) is 0 Å². The lowest BCUT2D eigenvalue weighted by Crippen LogP contribution is -2.38. The summed E-state index contributed by atoms with van der Waals surface area (Å²) in [5.41, 5.74) is 0. The van der Waals surface area contributed by atoms with Crippen LogP contribution in [0.4, 0.5) is 4.79 Å². The SMILES string of the molecule is CCCCN(C)C(=O)NCCC(CC)CCC(=O)O. The normalized spacial score (nSPS) is 11.9. The van der Waals surface area contributed by atoms with Crippen molar-refractivity contribution in [2.24, 2.45) is 5.92 Å². The highest BCUT2D eigenvalue weighted by Crippen LogP contribution is 2.14. The lowest BCUT2D eigenvalue weighted by atomic mass is 9.97. The van der Waals surface area contributed by atoms with Gasteiger partial charge in [-0.2, -0.15) is 0 Å². The maximum atomic E-state index is 11.7. The third kappa shape index (κ3) is 9.33. The molecule has 0 rings (SSSR count). The number of amides is 2. The van der Waals surface area contributed by atoms with Crippen LogP contribution in [0.1, 0.15) is 52.4 Å². The van der Waals surface area contributed by atoms with E-state index < -0.39 is 5.97 Å². The summed E-state index contributed by atoms with van der Waals surface area (Å²) in [4.78, 5) is 23.9. The molecule has 0 fully saturated rings. The second-order valence-electron chi connectivity index (χ2n) is 5.00. The molecule has 0 aromatic carbocycles. The van der Waals surface area contributed by atoms with E-state index in [1.54, 1.807) is 11.9 Å². The van der Waals surface area contributed by atoms with Crippen molar-refractivity contribution < 1.29 is 14.7 Å². The number of carboxylic acid groups (broad SMARTS) is 1. The van der Waals surface area contributed by atoms with Crippen LogP contribution < -0.4 is 5.32 Å². The summed E-state index contributed by atoms with van der Waals surface area (Å²) in [6, 6.07) is -0.0402. The van der Waals surface area contributed by atoms with Gasteiger partial charge in [0.25, 0.3) is 0 Å². The van der Waals surface area contributed by atoms with E-state index in [2.05, 4.69) is 19.2 Å². The van der Waals surface area contributed by atoms with Crippen LogP contribution in [0.2, 0.25) is 0 Å². The number of carbonyl (C=O) groups excluding carboxylic acids is 1. The molecule has 5 heteroatoms. The summed E-state index contributed by atoms with van der Waals surface area (Å²) in [5, 5.41) is 11.5. The minimum Gasteiger partial charge on any atom is -0.481 e. The van der Waals surface area contributed by atoms with Gasteiger partial charge in [0.1, 0.15) is 0 Å². The molecule has 2 amide bonds. The Morgan fingerprint density at radius 1 is 1.26 bits per heavy atom. The van der Waals surface area contributed by atoms with Crippen LogP contribution in [-0.4, -0.2) is 42.1 Å². The van der Waals surface area contributed by atoms with Gasteiger partial charge in [-0.05, 0) is 25.2 Å². The Kier molecular flexibility index (Phi) is 9.94. The topological polar surface area (TPSA) is 69.6 Å². The third-order valence-electron chi connectivity index (χ3n) is 3.37. The second-order valence-corrected chi connectivity index (χ2v) is 5.00. The fraction of sp³-hybridized carbons (Fsp3) is 0.857. The molecule has 112 valence electrons. The number of unbranched alkanes of at least 4 members (excludes halogenated alkanes) is 1. The molecule has 0 radical (unpaired) electrons. The first kappa shape index (κ1) is 17.7. The summed E-state index contributed by atoms with van der Waals surface area (Å²) < 4.78 is 0. The van der Waals surface area contributed by atoms with Crippen molar-refractivity contribution in [1.29, 1.82) is 0 Å². The van der Waals surface area contributed by atoms with Crippen molar-refractivity contribution in [3.63, 3.8) is 0 Å². The predicted molar refractivity (Wildman–Crippen MR) is 76.2 cm³/mol. The maximum absolute atomic E-state index is 11.7. The molecule has 0 spiro atoms. The zero-order valence-electron chi connectivity index (χ0n) is 12.4. The number of hydrogen-bond acceptors (Lipinski definition) is 2. The molecule has 0 heterocycles. The third-order valence-corrected chi connectivity index (χ3v) is 3.37. The van der Waals surface area contributed by atoms with Gasteiger partial charge in [-0.3, -0.25) is 4.79 Å². The van der Waals surface area contributed by atoms with Gasteiger partial charge in [-0.1, -0.05) is 26.7 Å². The van der Waals surface area contributed by atoms with E-state index in [0.29, 0.717) is 18.9 Å². The van der Waals surface area contributed by atoms with Crippen LogP contribution in [0.25, 0.3) is 0 Å². The molecule has 0 saturated heterocycles. The Bertz CT molecular complexity index is 269. The van der Waals surface area contributed by atoms with Gasteiger partial charge in [0.2, 0.25) is 0 Å². The van der Waals surface area contributed by atoms with Gasteiger partial charge in [0, 0.05) is 26.6 Å². The number of aliphatic carboxylic acids is 1. The number of nitrogens with one attached hydrogen (secondary N) is 1. The molecular weight excluding hydrogens is 244 g/mol. The predicted octanol–water partition coefficient (Wildman–Crippen LogP) is 2.71. The Morgan fingerprint density at radius 3 is 2.47 bits per heavy atom. The molecule has 0 aliphatic heterocycles. The average Bonchev–Trinajstić information content (AvgIpc) is 2.39. The van der Waals surface area contributed by atoms with Crippen molar-refractivity contribution in [3.05, 3.63) is 0 Å². The minimum atomic E-state index is -0.748.